The first kappa shape index (κ1) is 17.6. The van der Waals surface area contributed by atoms with E-state index < -0.39 is 0 Å². The Morgan fingerprint density at radius 1 is 1.37 bits per heavy atom. The molecule has 4 rings (SSSR count). The molecule has 0 spiro atoms. The summed E-state index contributed by atoms with van der Waals surface area (Å²) >= 11 is 0. The largest absolute Gasteiger partial charge is 0.495 e. The number of imidazole rings is 1. The second kappa shape index (κ2) is 6.44. The van der Waals surface area contributed by atoms with Gasteiger partial charge in [-0.1, -0.05) is 6.07 Å². The molecule has 2 aliphatic rings. The van der Waals surface area contributed by atoms with Gasteiger partial charge in [0.1, 0.15) is 11.4 Å². The van der Waals surface area contributed by atoms with E-state index in [0.717, 1.165) is 36.3 Å². The zero-order valence-corrected chi connectivity index (χ0v) is 16.2. The Morgan fingerprint density at radius 2 is 2.19 bits per heavy atom. The van der Waals surface area contributed by atoms with Crippen LogP contribution in [0.15, 0.2) is 36.5 Å². The van der Waals surface area contributed by atoms with E-state index in [4.69, 9.17) is 9.47 Å². The van der Waals surface area contributed by atoms with E-state index in [9.17, 15) is 4.79 Å². The standard InChI is InChI=1S/C21H25N3O3/c1-14-12-23(13-22-14)16-8-7-15(10-17(16)26-4)11-18-20(25)24-9-5-6-19(24)21(2,3)27-18/h7-8,10-13,19H,5-6,9H2,1-4H3. The van der Waals surface area contributed by atoms with Gasteiger partial charge in [-0.05, 0) is 57.4 Å². The third-order valence-electron chi connectivity index (χ3n) is 5.39. The van der Waals surface area contributed by atoms with Gasteiger partial charge in [-0.2, -0.15) is 0 Å². The van der Waals surface area contributed by atoms with E-state index in [2.05, 4.69) is 18.8 Å². The minimum atomic E-state index is -0.380. The summed E-state index contributed by atoms with van der Waals surface area (Å²) < 4.78 is 13.6. The summed E-state index contributed by atoms with van der Waals surface area (Å²) in [5.74, 6) is 1.08. The van der Waals surface area contributed by atoms with Crippen molar-refractivity contribution in [3.8, 4) is 11.4 Å². The Kier molecular flexibility index (Phi) is 4.21. The number of aryl methyl sites for hydroxylation is 1. The number of hydrogen-bond acceptors (Lipinski definition) is 4. The van der Waals surface area contributed by atoms with Crippen LogP contribution in [0.4, 0.5) is 0 Å². The Labute approximate surface area is 159 Å². The number of fused-ring (bicyclic) bond motifs is 1. The number of methoxy groups -OCH3 is 1. The molecule has 142 valence electrons. The molecule has 0 aliphatic carbocycles. The van der Waals surface area contributed by atoms with Crippen LogP contribution < -0.4 is 4.74 Å². The first-order valence-corrected chi connectivity index (χ1v) is 9.30. The molecule has 6 heteroatoms. The molecule has 2 aromatic rings. The van der Waals surface area contributed by atoms with Gasteiger partial charge in [-0.15, -0.1) is 0 Å². The third kappa shape index (κ3) is 3.09. The summed E-state index contributed by atoms with van der Waals surface area (Å²) in [4.78, 5) is 19.1. The molecule has 1 aromatic heterocycles. The lowest BCUT2D eigenvalue weighted by Gasteiger charge is -2.43. The summed E-state index contributed by atoms with van der Waals surface area (Å²) in [6, 6.07) is 5.99. The molecule has 0 radical (unpaired) electrons. The fourth-order valence-corrected chi connectivity index (χ4v) is 4.06. The highest BCUT2D eigenvalue weighted by Gasteiger charge is 2.47. The highest BCUT2D eigenvalue weighted by molar-refractivity contribution is 5.97. The van der Waals surface area contributed by atoms with E-state index in [1.165, 1.54) is 0 Å². The zero-order chi connectivity index (χ0) is 19.2. The van der Waals surface area contributed by atoms with Gasteiger partial charge in [0.15, 0.2) is 5.76 Å². The summed E-state index contributed by atoms with van der Waals surface area (Å²) in [5.41, 5.74) is 2.32. The number of aromatic nitrogens is 2. The molecule has 1 amide bonds. The van der Waals surface area contributed by atoms with Crippen molar-refractivity contribution in [2.24, 2.45) is 0 Å². The molecule has 2 fully saturated rings. The smallest absolute Gasteiger partial charge is 0.289 e. The van der Waals surface area contributed by atoms with Crippen LogP contribution in [0.2, 0.25) is 0 Å². The maximum Gasteiger partial charge on any atom is 0.289 e. The molecule has 27 heavy (non-hydrogen) atoms. The highest BCUT2D eigenvalue weighted by Crippen LogP contribution is 2.37. The minimum Gasteiger partial charge on any atom is -0.495 e. The first-order chi connectivity index (χ1) is 12.9. The van der Waals surface area contributed by atoms with E-state index in [0.29, 0.717) is 11.5 Å². The molecule has 0 N–H and O–H groups in total. The van der Waals surface area contributed by atoms with Gasteiger partial charge in [-0.3, -0.25) is 4.79 Å². The van der Waals surface area contributed by atoms with Crippen molar-refractivity contribution in [3.05, 3.63) is 47.7 Å². The number of rotatable bonds is 3. The number of ether oxygens (including phenoxy) is 2. The van der Waals surface area contributed by atoms with Crippen LogP contribution in [0.1, 0.15) is 37.9 Å². The molecule has 1 atom stereocenters. The Hall–Kier alpha value is -2.76. The molecule has 1 unspecified atom stereocenters. The lowest BCUT2D eigenvalue weighted by Crippen LogP contribution is -2.55. The average molecular weight is 367 g/mol. The second-order valence-corrected chi connectivity index (χ2v) is 7.72. The highest BCUT2D eigenvalue weighted by atomic mass is 16.5. The third-order valence-corrected chi connectivity index (χ3v) is 5.39. The molecule has 0 bridgehead atoms. The Morgan fingerprint density at radius 3 is 2.89 bits per heavy atom. The van der Waals surface area contributed by atoms with Crippen LogP contribution in [0.5, 0.6) is 5.75 Å². The second-order valence-electron chi connectivity index (χ2n) is 7.72. The van der Waals surface area contributed by atoms with Crippen molar-refractivity contribution < 1.29 is 14.3 Å². The number of carbonyl (C=O) groups excluding carboxylic acids is 1. The van der Waals surface area contributed by atoms with E-state index in [-0.39, 0.29) is 17.6 Å². The Bertz CT molecular complexity index is 913. The Balaban J connectivity index is 1.68. The maximum atomic E-state index is 12.8. The van der Waals surface area contributed by atoms with Crippen LogP contribution in [0.3, 0.4) is 0 Å². The summed E-state index contributed by atoms with van der Waals surface area (Å²) in [6.07, 6.45) is 7.54. The molecule has 6 nitrogen and oxygen atoms in total. The van der Waals surface area contributed by atoms with Crippen LogP contribution in [-0.4, -0.2) is 45.7 Å². The number of carbonyl (C=O) groups is 1. The zero-order valence-electron chi connectivity index (χ0n) is 16.2. The number of amides is 1. The lowest BCUT2D eigenvalue weighted by molar-refractivity contribution is -0.151. The van der Waals surface area contributed by atoms with Gasteiger partial charge >= 0.3 is 0 Å². The first-order valence-electron chi connectivity index (χ1n) is 9.30. The average Bonchev–Trinajstić information content (AvgIpc) is 3.29. The summed E-state index contributed by atoms with van der Waals surface area (Å²) in [6.45, 7) is 6.86. The van der Waals surface area contributed by atoms with Crippen LogP contribution in [0, 0.1) is 6.92 Å². The SMILES string of the molecule is COc1cc(C=C2OC(C)(C)C3CCCN3C2=O)ccc1-n1cnc(C)c1. The van der Waals surface area contributed by atoms with E-state index in [1.54, 1.807) is 13.4 Å². The van der Waals surface area contributed by atoms with Crippen molar-refractivity contribution in [3.63, 3.8) is 0 Å². The maximum absolute atomic E-state index is 12.8. The number of hydrogen-bond donors (Lipinski definition) is 0. The predicted molar refractivity (Wildman–Crippen MR) is 103 cm³/mol. The molecular weight excluding hydrogens is 342 g/mol. The van der Waals surface area contributed by atoms with Crippen LogP contribution in [0.25, 0.3) is 11.8 Å². The van der Waals surface area contributed by atoms with Gasteiger partial charge in [-0.25, -0.2) is 4.98 Å². The normalized spacial score (nSPS) is 22.7. The summed E-state index contributed by atoms with van der Waals surface area (Å²) in [5, 5.41) is 0. The van der Waals surface area contributed by atoms with Gasteiger partial charge in [0, 0.05) is 12.7 Å². The number of benzene rings is 1. The van der Waals surface area contributed by atoms with Crippen molar-refractivity contribution in [1.29, 1.82) is 0 Å². The van der Waals surface area contributed by atoms with Gasteiger partial charge < -0.3 is 18.9 Å². The number of nitrogens with zero attached hydrogens (tertiary/aromatic N) is 3. The quantitative estimate of drug-likeness (QED) is 0.781. The predicted octanol–water partition coefficient (Wildman–Crippen LogP) is 3.33. The monoisotopic (exact) mass is 367 g/mol. The van der Waals surface area contributed by atoms with Gasteiger partial charge in [0.05, 0.1) is 30.9 Å². The molecule has 1 aromatic carbocycles. The van der Waals surface area contributed by atoms with Crippen molar-refractivity contribution >= 4 is 12.0 Å². The fraction of sp³-hybridized carbons (Fsp3) is 0.429. The lowest BCUT2D eigenvalue weighted by atomic mass is 9.94. The van der Waals surface area contributed by atoms with Crippen LogP contribution >= 0.6 is 0 Å². The van der Waals surface area contributed by atoms with Gasteiger partial charge in [0.2, 0.25) is 0 Å². The molecule has 2 saturated heterocycles. The summed E-state index contributed by atoms with van der Waals surface area (Å²) in [7, 11) is 1.64. The topological polar surface area (TPSA) is 56.6 Å². The van der Waals surface area contributed by atoms with Gasteiger partial charge in [0.25, 0.3) is 5.91 Å². The molecule has 0 saturated carbocycles. The molecule has 3 heterocycles. The van der Waals surface area contributed by atoms with E-state index in [1.807, 2.05) is 46.9 Å². The van der Waals surface area contributed by atoms with Crippen molar-refractivity contribution in [2.45, 2.75) is 45.3 Å². The molecular formula is C21H25N3O3. The van der Waals surface area contributed by atoms with Crippen molar-refractivity contribution in [1.82, 2.24) is 14.5 Å². The van der Waals surface area contributed by atoms with Crippen LogP contribution in [-0.2, 0) is 9.53 Å². The minimum absolute atomic E-state index is 0.0231. The fourth-order valence-electron chi connectivity index (χ4n) is 4.06. The van der Waals surface area contributed by atoms with E-state index >= 15 is 0 Å². The number of morpholine rings is 1. The van der Waals surface area contributed by atoms with Crippen molar-refractivity contribution in [2.75, 3.05) is 13.7 Å². The molecule has 2 aliphatic heterocycles.